The minimum absolute atomic E-state index is 0. The van der Waals surface area contributed by atoms with Crippen LogP contribution in [0.2, 0.25) is 0 Å². The normalized spacial score (nSPS) is 9.04. The van der Waals surface area contributed by atoms with Gasteiger partial charge in [0.2, 0.25) is 0 Å². The third-order valence-corrected chi connectivity index (χ3v) is 2.47. The van der Waals surface area contributed by atoms with Crippen LogP contribution in [-0.2, 0) is 0 Å². The van der Waals surface area contributed by atoms with Crippen LogP contribution in [-0.4, -0.2) is 39.5 Å². The average molecular weight is 331 g/mol. The fourth-order valence-corrected chi connectivity index (χ4v) is 1.43. The van der Waals surface area contributed by atoms with Gasteiger partial charge >= 0.3 is 29.3 Å². The Morgan fingerprint density at radius 2 is 1.09 bits per heavy atom. The van der Waals surface area contributed by atoms with Crippen molar-refractivity contribution in [1.82, 2.24) is 0 Å². The van der Waals surface area contributed by atoms with Crippen molar-refractivity contribution in [2.45, 2.75) is 0 Å². The second-order valence-electron chi connectivity index (χ2n) is 4.12. The van der Waals surface area contributed by atoms with Gasteiger partial charge in [0.25, 0.3) is 0 Å². The topological polar surface area (TPSA) is 173 Å². The molecule has 8 nitrogen and oxygen atoms in total. The summed E-state index contributed by atoms with van der Waals surface area (Å²) in [7, 11) is 0. The van der Waals surface area contributed by atoms with Gasteiger partial charge in [-0.3, -0.25) is 0 Å². The van der Waals surface area contributed by atoms with Crippen molar-refractivity contribution < 1.29 is 30.0 Å². The summed E-state index contributed by atoms with van der Waals surface area (Å²) >= 11 is 0. The van der Waals surface area contributed by atoms with Gasteiger partial charge in [-0.05, 0) is 36.4 Å². The summed E-state index contributed by atoms with van der Waals surface area (Å²) < 4.78 is 0. The molecule has 2 rings (SSSR count). The van der Waals surface area contributed by atoms with E-state index in [-0.39, 0.29) is 39.9 Å². The zero-order valence-electron chi connectivity index (χ0n) is 11.7. The summed E-state index contributed by atoms with van der Waals surface area (Å²) in [4.78, 5) is 20.6. The zero-order chi connectivity index (χ0) is 16.9. The Kier molecular flexibility index (Phi) is 7.46. The summed E-state index contributed by atoms with van der Waals surface area (Å²) in [5.74, 6) is -3.57. The van der Waals surface area contributed by atoms with E-state index >= 15 is 0 Å². The average Bonchev–Trinajstić information content (AvgIpc) is 2.38. The standard InChI is InChI=1S/2C7H7NO3.Al/c2*8-4-1-2-5(7(10)11)6(9)3-4;/h2*1-3,9H,8H2,(H,10,11);/q;;+3/p-2. The van der Waals surface area contributed by atoms with Crippen molar-refractivity contribution in [3.8, 4) is 11.5 Å². The van der Waals surface area contributed by atoms with E-state index in [0.29, 0.717) is 0 Å². The Labute approximate surface area is 141 Å². The van der Waals surface area contributed by atoms with Gasteiger partial charge in [0.1, 0.15) is 0 Å². The monoisotopic (exact) mass is 331 g/mol. The molecule has 2 aromatic rings. The summed E-state index contributed by atoms with van der Waals surface area (Å²) in [6.07, 6.45) is 0. The van der Waals surface area contributed by atoms with E-state index in [4.69, 9.17) is 21.7 Å². The number of aromatic carboxylic acids is 2. The quantitative estimate of drug-likeness (QED) is 0.428. The van der Waals surface area contributed by atoms with Crippen LogP contribution in [0.5, 0.6) is 11.5 Å². The van der Waals surface area contributed by atoms with Gasteiger partial charge in [0, 0.05) is 11.4 Å². The van der Waals surface area contributed by atoms with Crippen molar-refractivity contribution >= 4 is 40.7 Å². The first kappa shape index (κ1) is 20.1. The fourth-order valence-electron chi connectivity index (χ4n) is 1.43. The number of hydrogen-bond donors (Lipinski definition) is 4. The molecule has 0 spiro atoms. The van der Waals surface area contributed by atoms with Crippen LogP contribution in [0, 0.1) is 0 Å². The van der Waals surface area contributed by atoms with Crippen LogP contribution < -0.4 is 21.7 Å². The molecule has 0 heterocycles. The van der Waals surface area contributed by atoms with E-state index in [2.05, 4.69) is 0 Å². The van der Waals surface area contributed by atoms with Crippen LogP contribution in [0.4, 0.5) is 11.4 Å². The number of benzene rings is 2. The van der Waals surface area contributed by atoms with Crippen molar-refractivity contribution in [3.63, 3.8) is 0 Å². The summed E-state index contributed by atoms with van der Waals surface area (Å²) in [6, 6.07) is 7.32. The van der Waals surface area contributed by atoms with Crippen molar-refractivity contribution in [3.05, 3.63) is 47.5 Å². The van der Waals surface area contributed by atoms with E-state index in [0.717, 1.165) is 12.1 Å². The Morgan fingerprint density at radius 1 is 0.783 bits per heavy atom. The van der Waals surface area contributed by atoms with Crippen molar-refractivity contribution in [2.24, 2.45) is 0 Å². The van der Waals surface area contributed by atoms with Gasteiger partial charge in [0.05, 0.1) is 11.1 Å². The number of carbonyl (C=O) groups is 2. The molecular weight excluding hydrogens is 319 g/mol. The molecule has 0 aromatic heterocycles. The Balaban J connectivity index is 0.000000403. The number of nitrogen functional groups attached to an aromatic ring is 2. The minimum atomic E-state index is -1.23. The van der Waals surface area contributed by atoms with Gasteiger partial charge in [-0.2, -0.15) is 0 Å². The Morgan fingerprint density at radius 3 is 1.30 bits per heavy atom. The first-order valence-corrected chi connectivity index (χ1v) is 5.82. The van der Waals surface area contributed by atoms with Gasteiger partial charge in [-0.25, -0.2) is 9.59 Å². The number of anilines is 2. The molecule has 0 unspecified atom stereocenters. The van der Waals surface area contributed by atoms with Gasteiger partial charge < -0.3 is 31.9 Å². The molecule has 116 valence electrons. The van der Waals surface area contributed by atoms with Crippen LogP contribution in [0.3, 0.4) is 0 Å². The third kappa shape index (κ3) is 5.78. The van der Waals surface area contributed by atoms with Gasteiger partial charge in [0.15, 0.2) is 0 Å². The molecule has 0 aliphatic rings. The van der Waals surface area contributed by atoms with Crippen LogP contribution in [0.1, 0.15) is 20.7 Å². The summed E-state index contributed by atoms with van der Waals surface area (Å²) in [5.41, 5.74) is 10.5. The molecular formula is C14H12AlN2O6+. The number of rotatable bonds is 2. The molecule has 0 saturated heterocycles. The number of carboxylic acid groups (broad SMARTS) is 2. The first-order valence-electron chi connectivity index (χ1n) is 5.82. The molecule has 0 atom stereocenters. The van der Waals surface area contributed by atoms with Crippen LogP contribution in [0.25, 0.3) is 0 Å². The number of hydrogen-bond acceptors (Lipinski definition) is 6. The number of carboxylic acids is 2. The largest absolute Gasteiger partial charge is 3.00 e. The van der Waals surface area contributed by atoms with Crippen molar-refractivity contribution in [1.29, 1.82) is 0 Å². The first-order chi connectivity index (χ1) is 10.2. The molecule has 23 heavy (non-hydrogen) atoms. The Hall–Kier alpha value is -2.89. The smallest absolute Gasteiger partial charge is 0.872 e. The Bertz CT molecular complexity index is 659. The molecule has 0 aliphatic carbocycles. The van der Waals surface area contributed by atoms with Crippen LogP contribution in [0.15, 0.2) is 36.4 Å². The fraction of sp³-hybridized carbons (Fsp3) is 0. The molecule has 0 bridgehead atoms. The maximum absolute atomic E-state index is 10.8. The number of nitrogens with two attached hydrogens (primary N) is 2. The predicted molar refractivity (Wildman–Crippen MR) is 80.3 cm³/mol. The third-order valence-electron chi connectivity index (χ3n) is 2.47. The van der Waals surface area contributed by atoms with E-state index in [1.54, 1.807) is 0 Å². The van der Waals surface area contributed by atoms with Gasteiger partial charge in [-0.15, -0.1) is 0 Å². The summed E-state index contributed by atoms with van der Waals surface area (Å²) in [6.45, 7) is 0. The maximum Gasteiger partial charge on any atom is 3.00 e. The van der Waals surface area contributed by atoms with E-state index in [9.17, 15) is 19.8 Å². The maximum atomic E-state index is 10.8. The molecule has 0 saturated carbocycles. The molecule has 0 fully saturated rings. The second-order valence-corrected chi connectivity index (χ2v) is 4.12. The van der Waals surface area contributed by atoms with Gasteiger partial charge in [-0.1, -0.05) is 11.5 Å². The van der Waals surface area contributed by atoms with E-state index in [1.165, 1.54) is 24.3 Å². The molecule has 0 radical (unpaired) electrons. The molecule has 9 heteroatoms. The molecule has 2 aromatic carbocycles. The van der Waals surface area contributed by atoms with E-state index in [1.807, 2.05) is 0 Å². The zero-order valence-corrected chi connectivity index (χ0v) is 12.9. The van der Waals surface area contributed by atoms with E-state index < -0.39 is 23.4 Å². The SMILES string of the molecule is Nc1ccc(C(=O)O)c([O-])c1.Nc1ccc(C(=O)O)c([O-])c1.[Al+3]. The predicted octanol–water partition coefficient (Wildman–Crippen LogP) is -0.300. The molecule has 6 N–H and O–H groups in total. The molecule has 0 aliphatic heterocycles. The summed E-state index contributed by atoms with van der Waals surface area (Å²) in [5, 5.41) is 38.5. The second kappa shape index (κ2) is 8.53. The minimum Gasteiger partial charge on any atom is -0.872 e. The van der Waals surface area contributed by atoms with Crippen LogP contribution >= 0.6 is 0 Å². The van der Waals surface area contributed by atoms with Crippen molar-refractivity contribution in [2.75, 3.05) is 11.5 Å². The molecule has 0 amide bonds.